The third-order valence-electron chi connectivity index (χ3n) is 2.60. The first-order valence-corrected chi connectivity index (χ1v) is 5.76. The highest BCUT2D eigenvalue weighted by Gasteiger charge is 2.11. The number of aryl methyl sites for hydroxylation is 1. The van der Waals surface area contributed by atoms with E-state index in [4.69, 9.17) is 0 Å². The fourth-order valence-electron chi connectivity index (χ4n) is 1.73. The van der Waals surface area contributed by atoms with Gasteiger partial charge in [0.15, 0.2) is 0 Å². The van der Waals surface area contributed by atoms with Crippen molar-refractivity contribution < 1.29 is 4.79 Å². The lowest BCUT2D eigenvalue weighted by Crippen LogP contribution is -2.21. The maximum atomic E-state index is 11.8. The Hall–Kier alpha value is -1.29. The number of carbonyl (C=O) groups excluding carboxylic acids is 1. The van der Waals surface area contributed by atoms with Gasteiger partial charge in [-0.05, 0) is 28.1 Å². The summed E-state index contributed by atoms with van der Waals surface area (Å²) in [5.41, 5.74) is 1.77. The smallest absolute Gasteiger partial charge is 0.253 e. The number of benzene rings is 1. The highest BCUT2D eigenvalue weighted by atomic mass is 79.9. The molecular formula is C12H13BrN2O. The van der Waals surface area contributed by atoms with Crippen molar-refractivity contribution in [2.24, 2.45) is 7.05 Å². The highest BCUT2D eigenvalue weighted by Crippen LogP contribution is 2.26. The zero-order valence-corrected chi connectivity index (χ0v) is 11.1. The summed E-state index contributed by atoms with van der Waals surface area (Å²) in [6.45, 7) is 0. The van der Waals surface area contributed by atoms with Gasteiger partial charge >= 0.3 is 0 Å². The number of halogens is 1. The second-order valence-corrected chi connectivity index (χ2v) is 4.87. The van der Waals surface area contributed by atoms with Crippen LogP contribution in [0.5, 0.6) is 0 Å². The minimum Gasteiger partial charge on any atom is -0.349 e. The van der Waals surface area contributed by atoms with Gasteiger partial charge in [0.05, 0.1) is 0 Å². The van der Waals surface area contributed by atoms with Gasteiger partial charge in [-0.25, -0.2) is 0 Å². The lowest BCUT2D eigenvalue weighted by atomic mass is 10.1. The third-order valence-corrected chi connectivity index (χ3v) is 3.23. The van der Waals surface area contributed by atoms with Crippen molar-refractivity contribution in [1.82, 2.24) is 9.47 Å². The molecule has 2 aromatic rings. The molecule has 1 heterocycles. The molecule has 0 bridgehead atoms. The van der Waals surface area contributed by atoms with Crippen LogP contribution in [0.25, 0.3) is 10.9 Å². The van der Waals surface area contributed by atoms with Gasteiger partial charge in [-0.1, -0.05) is 6.07 Å². The van der Waals surface area contributed by atoms with E-state index in [1.54, 1.807) is 19.0 Å². The molecular weight excluding hydrogens is 268 g/mol. The quantitative estimate of drug-likeness (QED) is 0.789. The number of carbonyl (C=O) groups is 1. The van der Waals surface area contributed by atoms with Gasteiger partial charge in [0.25, 0.3) is 5.91 Å². The second kappa shape index (κ2) is 3.94. The van der Waals surface area contributed by atoms with Crippen LogP contribution in [0.15, 0.2) is 28.9 Å². The Morgan fingerprint density at radius 1 is 1.38 bits per heavy atom. The Kier molecular flexibility index (Phi) is 2.76. The van der Waals surface area contributed by atoms with Crippen LogP contribution in [0.2, 0.25) is 0 Å². The first-order chi connectivity index (χ1) is 7.50. The van der Waals surface area contributed by atoms with Crippen molar-refractivity contribution in [3.63, 3.8) is 0 Å². The highest BCUT2D eigenvalue weighted by molar-refractivity contribution is 9.10. The molecule has 84 valence electrons. The van der Waals surface area contributed by atoms with Crippen LogP contribution in [0, 0.1) is 0 Å². The molecule has 0 radical (unpaired) electrons. The molecule has 2 rings (SSSR count). The second-order valence-electron chi connectivity index (χ2n) is 4.02. The van der Waals surface area contributed by atoms with Crippen LogP contribution < -0.4 is 0 Å². The molecule has 16 heavy (non-hydrogen) atoms. The molecule has 0 spiro atoms. The third kappa shape index (κ3) is 1.73. The van der Waals surface area contributed by atoms with Crippen LogP contribution in [-0.2, 0) is 7.05 Å². The van der Waals surface area contributed by atoms with Crippen molar-refractivity contribution in [3.05, 3.63) is 34.4 Å². The van der Waals surface area contributed by atoms with Crippen molar-refractivity contribution in [2.45, 2.75) is 0 Å². The van der Waals surface area contributed by atoms with Crippen molar-refractivity contribution in [1.29, 1.82) is 0 Å². The fourth-order valence-corrected chi connectivity index (χ4v) is 2.37. The number of rotatable bonds is 1. The standard InChI is InChI=1S/C12H13BrN2O/c1-14(2)12(16)8-4-5-9-10(13)7-15(3)11(9)6-8/h4-7H,1-3H3. The van der Waals surface area contributed by atoms with Gasteiger partial charge in [-0.15, -0.1) is 0 Å². The van der Waals surface area contributed by atoms with E-state index in [9.17, 15) is 4.79 Å². The monoisotopic (exact) mass is 280 g/mol. The molecule has 4 heteroatoms. The maximum Gasteiger partial charge on any atom is 0.253 e. The number of amides is 1. The molecule has 0 atom stereocenters. The summed E-state index contributed by atoms with van der Waals surface area (Å²) in [4.78, 5) is 13.4. The van der Waals surface area contributed by atoms with Crippen LogP contribution in [0.3, 0.4) is 0 Å². The molecule has 1 amide bonds. The van der Waals surface area contributed by atoms with Gasteiger partial charge in [-0.2, -0.15) is 0 Å². The van der Waals surface area contributed by atoms with E-state index >= 15 is 0 Å². The van der Waals surface area contributed by atoms with E-state index in [-0.39, 0.29) is 5.91 Å². The van der Waals surface area contributed by atoms with Gasteiger partial charge in [0.1, 0.15) is 0 Å². The minimum absolute atomic E-state index is 0.0271. The summed E-state index contributed by atoms with van der Waals surface area (Å²) >= 11 is 3.49. The predicted molar refractivity (Wildman–Crippen MR) is 68.6 cm³/mol. The molecule has 0 saturated heterocycles. The first-order valence-electron chi connectivity index (χ1n) is 4.97. The van der Waals surface area contributed by atoms with E-state index in [0.717, 1.165) is 15.4 Å². The van der Waals surface area contributed by atoms with Gasteiger partial charge in [0.2, 0.25) is 0 Å². The molecule has 3 nitrogen and oxygen atoms in total. The minimum atomic E-state index is 0.0271. The summed E-state index contributed by atoms with van der Waals surface area (Å²) < 4.78 is 3.06. The SMILES string of the molecule is CN(C)C(=O)c1ccc2c(Br)cn(C)c2c1. The van der Waals surface area contributed by atoms with Gasteiger partial charge < -0.3 is 9.47 Å². The van der Waals surface area contributed by atoms with Crippen LogP contribution in [-0.4, -0.2) is 29.5 Å². The number of hydrogen-bond donors (Lipinski definition) is 0. The fraction of sp³-hybridized carbons (Fsp3) is 0.250. The van der Waals surface area contributed by atoms with Crippen LogP contribution in [0.1, 0.15) is 10.4 Å². The zero-order valence-electron chi connectivity index (χ0n) is 9.49. The number of hydrogen-bond acceptors (Lipinski definition) is 1. The van der Waals surface area contributed by atoms with Gasteiger partial charge in [-0.3, -0.25) is 4.79 Å². The van der Waals surface area contributed by atoms with Crippen molar-refractivity contribution in [3.8, 4) is 0 Å². The largest absolute Gasteiger partial charge is 0.349 e. The Bertz CT molecular complexity index is 557. The van der Waals surface area contributed by atoms with E-state index in [2.05, 4.69) is 15.9 Å². The van der Waals surface area contributed by atoms with Crippen molar-refractivity contribution >= 4 is 32.7 Å². The summed E-state index contributed by atoms with van der Waals surface area (Å²) in [6, 6.07) is 5.74. The predicted octanol–water partition coefficient (Wildman–Crippen LogP) is 2.64. The molecule has 0 aliphatic carbocycles. The molecule has 0 unspecified atom stereocenters. The van der Waals surface area contributed by atoms with E-state index in [0.29, 0.717) is 5.56 Å². The maximum absolute atomic E-state index is 11.8. The molecule has 1 aromatic carbocycles. The number of fused-ring (bicyclic) bond motifs is 1. The van der Waals surface area contributed by atoms with Crippen molar-refractivity contribution in [2.75, 3.05) is 14.1 Å². The average Bonchev–Trinajstić information content (AvgIpc) is 2.53. The Labute approximate surface area is 103 Å². The lowest BCUT2D eigenvalue weighted by molar-refractivity contribution is 0.0828. The van der Waals surface area contributed by atoms with Crippen LogP contribution >= 0.6 is 15.9 Å². The summed E-state index contributed by atoms with van der Waals surface area (Å²) in [5.74, 6) is 0.0271. The molecule has 0 aliphatic heterocycles. The molecule has 0 aliphatic rings. The Balaban J connectivity index is 2.60. The summed E-state index contributed by atoms with van der Waals surface area (Å²) in [6.07, 6.45) is 1.99. The van der Waals surface area contributed by atoms with E-state index in [1.807, 2.05) is 36.0 Å². The molecule has 0 fully saturated rings. The first kappa shape index (κ1) is 11.2. The topological polar surface area (TPSA) is 25.2 Å². The molecule has 0 N–H and O–H groups in total. The summed E-state index contributed by atoms with van der Waals surface area (Å²) in [5, 5.41) is 1.12. The van der Waals surface area contributed by atoms with E-state index < -0.39 is 0 Å². The van der Waals surface area contributed by atoms with E-state index in [1.165, 1.54) is 0 Å². The number of aromatic nitrogens is 1. The number of nitrogens with zero attached hydrogens (tertiary/aromatic N) is 2. The Morgan fingerprint density at radius 3 is 2.69 bits per heavy atom. The average molecular weight is 281 g/mol. The molecule has 1 aromatic heterocycles. The normalized spacial score (nSPS) is 10.8. The summed E-state index contributed by atoms with van der Waals surface area (Å²) in [7, 11) is 5.48. The molecule has 0 saturated carbocycles. The lowest BCUT2D eigenvalue weighted by Gasteiger charge is -2.10. The van der Waals surface area contributed by atoms with Crippen LogP contribution in [0.4, 0.5) is 0 Å². The zero-order chi connectivity index (χ0) is 11.9. The Morgan fingerprint density at radius 2 is 2.06 bits per heavy atom. The van der Waals surface area contributed by atoms with Gasteiger partial charge in [0, 0.05) is 48.3 Å².